The van der Waals surface area contributed by atoms with Crippen LogP contribution in [0.25, 0.3) is 44.4 Å². The Morgan fingerprint density at radius 3 is 2.37 bits per heavy atom. The van der Waals surface area contributed by atoms with E-state index >= 15 is 0 Å². The van der Waals surface area contributed by atoms with E-state index < -0.39 is 18.0 Å². The van der Waals surface area contributed by atoms with Crippen molar-refractivity contribution in [2.24, 2.45) is 0 Å². The molecule has 0 bridgehead atoms. The van der Waals surface area contributed by atoms with E-state index in [-0.39, 0.29) is 0 Å². The van der Waals surface area contributed by atoms with E-state index in [9.17, 15) is 18.8 Å². The van der Waals surface area contributed by atoms with Crippen LogP contribution in [0.2, 0.25) is 5.02 Å². The number of fused-ring (bicyclic) bond motifs is 1. The number of esters is 1. The Kier molecular flexibility index (Phi) is 8.68. The maximum atomic E-state index is 15.0. The van der Waals surface area contributed by atoms with Crippen LogP contribution >= 0.6 is 23.5 Å². The third-order valence-corrected chi connectivity index (χ3v) is 9.26. The molecule has 228 valence electrons. The lowest BCUT2D eigenvalue weighted by atomic mass is 9.91. The van der Waals surface area contributed by atoms with Crippen LogP contribution in [0.5, 0.6) is 0 Å². The van der Waals surface area contributed by atoms with Crippen molar-refractivity contribution in [3.8, 4) is 39.6 Å². The minimum atomic E-state index is -1.10. The smallest absolute Gasteiger partial charge is 0.337 e. The minimum absolute atomic E-state index is 0.338. The summed E-state index contributed by atoms with van der Waals surface area (Å²) in [5.41, 5.74) is 7.48. The Hall–Kier alpha value is -4.90. The third-order valence-electron chi connectivity index (χ3n) is 7.90. The molecule has 46 heavy (non-hydrogen) atoms. The number of hydrogen-bond donors (Lipinski definition) is 0. The summed E-state index contributed by atoms with van der Waals surface area (Å²) in [7, 11) is 1.32. The van der Waals surface area contributed by atoms with Crippen LogP contribution in [0.4, 0.5) is 8.78 Å². The first-order valence-corrected chi connectivity index (χ1v) is 15.6. The fourth-order valence-corrected chi connectivity index (χ4v) is 6.97. The molecule has 0 aliphatic carbocycles. The predicted octanol–water partition coefficient (Wildman–Crippen LogP) is 11.0. The number of aryl methyl sites for hydroxylation is 1. The first kappa shape index (κ1) is 31.1. The summed E-state index contributed by atoms with van der Waals surface area (Å²) in [6, 6.07) is 32.6. The van der Waals surface area contributed by atoms with Gasteiger partial charge < -0.3 is 4.74 Å². The zero-order valence-electron chi connectivity index (χ0n) is 25.1. The maximum Gasteiger partial charge on any atom is 0.337 e. The van der Waals surface area contributed by atoms with Crippen molar-refractivity contribution in [1.82, 2.24) is 3.97 Å². The average Bonchev–Trinajstić information content (AvgIpc) is 3.36. The highest BCUT2D eigenvalue weighted by Gasteiger charge is 2.25. The number of carbonyl (C=O) groups is 1. The van der Waals surface area contributed by atoms with Crippen molar-refractivity contribution in [2.75, 3.05) is 7.11 Å². The summed E-state index contributed by atoms with van der Waals surface area (Å²) in [5.74, 6) is -0.886. The van der Waals surface area contributed by atoms with Gasteiger partial charge in [-0.3, -0.25) is 3.97 Å². The second-order valence-electron chi connectivity index (χ2n) is 10.8. The van der Waals surface area contributed by atoms with Crippen LogP contribution in [-0.4, -0.2) is 17.1 Å². The van der Waals surface area contributed by atoms with Gasteiger partial charge in [-0.25, -0.2) is 13.6 Å². The standard InChI is InChI=1S/C38H27ClF2N2O2S/c1-22-6-4-9-28(21-42)35(22)36-32-20-29(41)13-17-34(32)43(46-30-14-10-24(11-15-30)23(2)40)37(36)26-8-5-7-25(18-26)31-16-12-27(19-33(31)39)38(44)45-3/h4-20,23H,1-3H3. The number of methoxy groups -OCH3 is 1. The topological polar surface area (TPSA) is 55.0 Å². The van der Waals surface area contributed by atoms with Crippen LogP contribution in [0.15, 0.2) is 108 Å². The summed E-state index contributed by atoms with van der Waals surface area (Å²) in [6.45, 7) is 3.43. The molecule has 8 heteroatoms. The molecular formula is C38H27ClF2N2O2S. The molecule has 0 radical (unpaired) electrons. The van der Waals surface area contributed by atoms with Gasteiger partial charge in [0.05, 0.1) is 35.5 Å². The molecule has 1 aromatic heterocycles. The highest BCUT2D eigenvalue weighted by molar-refractivity contribution is 7.98. The van der Waals surface area contributed by atoms with Crippen LogP contribution in [0.1, 0.15) is 40.1 Å². The number of nitrogens with zero attached hydrogens (tertiary/aromatic N) is 2. The van der Waals surface area contributed by atoms with Crippen LogP contribution < -0.4 is 0 Å². The summed E-state index contributed by atoms with van der Waals surface area (Å²) >= 11 is 8.11. The Bertz CT molecular complexity index is 2170. The van der Waals surface area contributed by atoms with Gasteiger partial charge in [-0.2, -0.15) is 5.26 Å². The SMILES string of the molecule is COC(=O)c1ccc(-c2cccc(-c3c(-c4c(C)cccc4C#N)c4cc(F)ccc4n3Sc3ccc(C(C)F)cc3)c2)c(Cl)c1. The molecule has 5 aromatic carbocycles. The molecule has 0 aliphatic rings. The van der Waals surface area contributed by atoms with Crippen molar-refractivity contribution in [3.63, 3.8) is 0 Å². The highest BCUT2D eigenvalue weighted by atomic mass is 35.5. The lowest BCUT2D eigenvalue weighted by Gasteiger charge is -2.16. The van der Waals surface area contributed by atoms with Gasteiger partial charge in [-0.05, 0) is 97.1 Å². The number of nitriles is 1. The van der Waals surface area contributed by atoms with E-state index in [1.54, 1.807) is 42.5 Å². The molecule has 0 saturated carbocycles. The van der Waals surface area contributed by atoms with Gasteiger partial charge in [0, 0.05) is 37.6 Å². The van der Waals surface area contributed by atoms with E-state index in [1.807, 2.05) is 59.4 Å². The average molecular weight is 649 g/mol. The molecule has 6 aromatic rings. The molecule has 0 aliphatic heterocycles. The van der Waals surface area contributed by atoms with Gasteiger partial charge in [0.1, 0.15) is 12.0 Å². The molecular weight excluding hydrogens is 622 g/mol. The molecule has 4 nitrogen and oxygen atoms in total. The summed E-state index contributed by atoms with van der Waals surface area (Å²) in [6.07, 6.45) is -1.10. The van der Waals surface area contributed by atoms with Crippen molar-refractivity contribution < 1.29 is 18.3 Å². The van der Waals surface area contributed by atoms with Gasteiger partial charge in [-0.15, -0.1) is 0 Å². The first-order chi connectivity index (χ1) is 22.2. The number of rotatable bonds is 7. The molecule has 1 unspecified atom stereocenters. The molecule has 1 atom stereocenters. The number of hydrogen-bond acceptors (Lipinski definition) is 4. The Morgan fingerprint density at radius 1 is 0.935 bits per heavy atom. The normalized spacial score (nSPS) is 11.8. The minimum Gasteiger partial charge on any atom is -0.465 e. The molecule has 1 heterocycles. The van der Waals surface area contributed by atoms with E-state index in [0.29, 0.717) is 38.2 Å². The second kappa shape index (κ2) is 12.8. The van der Waals surface area contributed by atoms with E-state index in [2.05, 4.69) is 6.07 Å². The van der Waals surface area contributed by atoms with Crippen molar-refractivity contribution in [3.05, 3.63) is 136 Å². The molecule has 0 fully saturated rings. The first-order valence-electron chi connectivity index (χ1n) is 14.4. The lowest BCUT2D eigenvalue weighted by Crippen LogP contribution is -2.01. The van der Waals surface area contributed by atoms with Gasteiger partial charge >= 0.3 is 5.97 Å². The van der Waals surface area contributed by atoms with Crippen LogP contribution in [-0.2, 0) is 4.74 Å². The zero-order valence-corrected chi connectivity index (χ0v) is 26.7. The number of benzene rings is 5. The van der Waals surface area contributed by atoms with Crippen molar-refractivity contribution in [2.45, 2.75) is 24.9 Å². The second-order valence-corrected chi connectivity index (χ2v) is 12.3. The number of carbonyl (C=O) groups excluding carboxylic acids is 1. The lowest BCUT2D eigenvalue weighted by molar-refractivity contribution is 0.0600. The number of ether oxygens (including phenoxy) is 1. The zero-order chi connectivity index (χ0) is 32.5. The quantitative estimate of drug-likeness (QED) is 0.162. The largest absolute Gasteiger partial charge is 0.465 e. The van der Waals surface area contributed by atoms with Crippen LogP contribution in [0.3, 0.4) is 0 Å². The summed E-state index contributed by atoms with van der Waals surface area (Å²) in [4.78, 5) is 12.9. The van der Waals surface area contributed by atoms with Crippen molar-refractivity contribution >= 4 is 40.4 Å². The molecule has 6 rings (SSSR count). The molecule has 0 spiro atoms. The summed E-state index contributed by atoms with van der Waals surface area (Å²) < 4.78 is 35.9. The van der Waals surface area contributed by atoms with Gasteiger partial charge in [0.2, 0.25) is 0 Å². The van der Waals surface area contributed by atoms with E-state index in [4.69, 9.17) is 16.3 Å². The molecule has 0 saturated heterocycles. The maximum absolute atomic E-state index is 15.0. The van der Waals surface area contributed by atoms with E-state index in [1.165, 1.54) is 38.1 Å². The monoisotopic (exact) mass is 648 g/mol. The number of alkyl halides is 1. The molecule has 0 amide bonds. The Labute approximate surface area is 275 Å². The molecule has 0 N–H and O–H groups in total. The fraction of sp³-hybridized carbons (Fsp3) is 0.105. The fourth-order valence-electron chi connectivity index (χ4n) is 5.66. The predicted molar refractivity (Wildman–Crippen MR) is 181 cm³/mol. The van der Waals surface area contributed by atoms with Crippen LogP contribution in [0, 0.1) is 24.1 Å². The van der Waals surface area contributed by atoms with Gasteiger partial charge in [0.25, 0.3) is 0 Å². The number of aromatic nitrogens is 1. The van der Waals surface area contributed by atoms with Gasteiger partial charge in [-0.1, -0.05) is 60.1 Å². The Morgan fingerprint density at radius 2 is 1.67 bits per heavy atom. The third kappa shape index (κ3) is 5.78. The van der Waals surface area contributed by atoms with E-state index in [0.717, 1.165) is 38.4 Å². The summed E-state index contributed by atoms with van der Waals surface area (Å²) in [5, 5.41) is 11.2. The Balaban J connectivity index is 1.64. The van der Waals surface area contributed by atoms with Gasteiger partial charge in [0.15, 0.2) is 0 Å². The number of halogens is 3. The van der Waals surface area contributed by atoms with Crippen molar-refractivity contribution in [1.29, 1.82) is 5.26 Å². The highest BCUT2D eigenvalue weighted by Crippen LogP contribution is 2.47.